The van der Waals surface area contributed by atoms with Crippen LogP contribution in [0.3, 0.4) is 0 Å². The van der Waals surface area contributed by atoms with Gasteiger partial charge in [0.2, 0.25) is 0 Å². The van der Waals surface area contributed by atoms with Gasteiger partial charge < -0.3 is 5.43 Å². The van der Waals surface area contributed by atoms with Gasteiger partial charge in [-0.05, 0) is 52.7 Å². The van der Waals surface area contributed by atoms with E-state index in [1.165, 1.54) is 6.07 Å². The molecule has 0 aliphatic carbocycles. The summed E-state index contributed by atoms with van der Waals surface area (Å²) in [7, 11) is -3.71. The van der Waals surface area contributed by atoms with Crippen LogP contribution in [0, 0.1) is 6.92 Å². The van der Waals surface area contributed by atoms with E-state index in [0.29, 0.717) is 15.8 Å². The van der Waals surface area contributed by atoms with Crippen molar-refractivity contribution in [3.05, 3.63) is 52.5 Å². The number of nitrogens with one attached hydrogen (secondary N) is 2. The second-order valence-corrected chi connectivity index (χ2v) is 6.73. The zero-order valence-corrected chi connectivity index (χ0v) is 13.1. The van der Waals surface area contributed by atoms with Gasteiger partial charge in [-0.2, -0.15) is 0 Å². The number of hydrogen-bond donors (Lipinski definition) is 3. The fraction of sp³-hybridized carbons (Fsp3) is 0.0769. The monoisotopic (exact) mass is 355 g/mol. The molecule has 5 nitrogen and oxygen atoms in total. The number of rotatable bonds is 4. The molecule has 0 saturated carbocycles. The third-order valence-electron chi connectivity index (χ3n) is 2.70. The Labute approximate surface area is 126 Å². The van der Waals surface area contributed by atoms with E-state index >= 15 is 0 Å². The van der Waals surface area contributed by atoms with Crippen molar-refractivity contribution in [3.63, 3.8) is 0 Å². The topological polar surface area (TPSA) is 84.2 Å². The van der Waals surface area contributed by atoms with Crippen molar-refractivity contribution in [1.29, 1.82) is 0 Å². The minimum absolute atomic E-state index is 0.0926. The Morgan fingerprint density at radius 1 is 1.10 bits per heavy atom. The first kappa shape index (κ1) is 14.8. The molecule has 2 aromatic carbocycles. The van der Waals surface area contributed by atoms with E-state index in [2.05, 4.69) is 26.1 Å². The number of para-hydroxylation sites is 1. The van der Waals surface area contributed by atoms with Crippen LogP contribution in [0.2, 0.25) is 0 Å². The van der Waals surface area contributed by atoms with Gasteiger partial charge in [0.25, 0.3) is 10.0 Å². The molecular formula is C13H14BrN3O2S. The van der Waals surface area contributed by atoms with Crippen molar-refractivity contribution in [2.75, 3.05) is 10.1 Å². The molecule has 0 aliphatic rings. The summed E-state index contributed by atoms with van der Waals surface area (Å²) >= 11 is 3.34. The van der Waals surface area contributed by atoms with Crippen LogP contribution < -0.4 is 16.0 Å². The number of benzene rings is 2. The van der Waals surface area contributed by atoms with Gasteiger partial charge in [-0.1, -0.05) is 18.2 Å². The Morgan fingerprint density at radius 2 is 1.80 bits per heavy atom. The van der Waals surface area contributed by atoms with Crippen molar-refractivity contribution in [3.8, 4) is 0 Å². The molecule has 0 amide bonds. The molecule has 0 bridgehead atoms. The number of hydrazine groups is 1. The van der Waals surface area contributed by atoms with Gasteiger partial charge in [0.1, 0.15) is 4.90 Å². The van der Waals surface area contributed by atoms with E-state index in [4.69, 9.17) is 5.84 Å². The van der Waals surface area contributed by atoms with Crippen LogP contribution >= 0.6 is 15.9 Å². The van der Waals surface area contributed by atoms with E-state index < -0.39 is 10.0 Å². The summed E-state index contributed by atoms with van der Waals surface area (Å²) < 4.78 is 28.0. The lowest BCUT2D eigenvalue weighted by atomic mass is 10.2. The van der Waals surface area contributed by atoms with Gasteiger partial charge in [-0.15, -0.1) is 0 Å². The van der Waals surface area contributed by atoms with Gasteiger partial charge in [-0.3, -0.25) is 10.6 Å². The molecule has 0 saturated heterocycles. The second kappa shape index (κ2) is 5.82. The SMILES string of the molecule is Cc1ccc(NS(=O)(=O)c2ccccc2NN)c(Br)c1. The van der Waals surface area contributed by atoms with Crippen molar-refractivity contribution in [2.24, 2.45) is 5.84 Å². The van der Waals surface area contributed by atoms with E-state index in [-0.39, 0.29) is 4.90 Å². The normalized spacial score (nSPS) is 11.2. The van der Waals surface area contributed by atoms with Crippen molar-refractivity contribution in [2.45, 2.75) is 11.8 Å². The molecule has 7 heteroatoms. The van der Waals surface area contributed by atoms with Crippen LogP contribution in [0.15, 0.2) is 51.8 Å². The fourth-order valence-corrected chi connectivity index (χ4v) is 3.70. The smallest absolute Gasteiger partial charge is 0.264 e. The summed E-state index contributed by atoms with van der Waals surface area (Å²) in [4.78, 5) is 0.0926. The molecule has 0 fully saturated rings. The minimum atomic E-state index is -3.71. The Hall–Kier alpha value is -1.57. The maximum atomic E-state index is 12.4. The van der Waals surface area contributed by atoms with Gasteiger partial charge in [0, 0.05) is 4.47 Å². The third kappa shape index (κ3) is 3.12. The van der Waals surface area contributed by atoms with Crippen LogP contribution in [-0.2, 0) is 10.0 Å². The van der Waals surface area contributed by atoms with Crippen molar-refractivity contribution in [1.82, 2.24) is 0 Å². The summed E-state index contributed by atoms with van der Waals surface area (Å²) in [5.74, 6) is 5.34. The molecule has 20 heavy (non-hydrogen) atoms. The third-order valence-corrected chi connectivity index (χ3v) is 4.78. The highest BCUT2D eigenvalue weighted by Gasteiger charge is 2.18. The molecular weight excluding hydrogens is 342 g/mol. The zero-order chi connectivity index (χ0) is 14.8. The predicted octanol–water partition coefficient (Wildman–Crippen LogP) is 2.84. The molecule has 4 N–H and O–H groups in total. The zero-order valence-electron chi connectivity index (χ0n) is 10.7. The summed E-state index contributed by atoms with van der Waals surface area (Å²) in [6.07, 6.45) is 0. The first-order chi connectivity index (χ1) is 9.44. The number of halogens is 1. The lowest BCUT2D eigenvalue weighted by molar-refractivity contribution is 0.601. The number of anilines is 2. The molecule has 0 radical (unpaired) electrons. The maximum absolute atomic E-state index is 12.4. The first-order valence-corrected chi connectivity index (χ1v) is 8.06. The largest absolute Gasteiger partial charge is 0.323 e. The first-order valence-electron chi connectivity index (χ1n) is 5.78. The lowest BCUT2D eigenvalue weighted by Crippen LogP contribution is -2.17. The number of sulfonamides is 1. The van der Waals surface area contributed by atoms with Crippen LogP contribution in [0.4, 0.5) is 11.4 Å². The molecule has 2 aromatic rings. The van der Waals surface area contributed by atoms with Gasteiger partial charge in [0.15, 0.2) is 0 Å². The maximum Gasteiger partial charge on any atom is 0.264 e. The number of hydrogen-bond acceptors (Lipinski definition) is 4. The highest BCUT2D eigenvalue weighted by atomic mass is 79.9. The highest BCUT2D eigenvalue weighted by molar-refractivity contribution is 9.10. The fourth-order valence-electron chi connectivity index (χ4n) is 1.72. The Kier molecular flexibility index (Phi) is 4.32. The molecule has 0 unspecified atom stereocenters. The van der Waals surface area contributed by atoms with Crippen LogP contribution in [0.5, 0.6) is 0 Å². The van der Waals surface area contributed by atoms with Crippen molar-refractivity contribution < 1.29 is 8.42 Å². The highest BCUT2D eigenvalue weighted by Crippen LogP contribution is 2.28. The Balaban J connectivity index is 2.41. The minimum Gasteiger partial charge on any atom is -0.323 e. The van der Waals surface area contributed by atoms with E-state index in [0.717, 1.165) is 5.56 Å². The molecule has 106 valence electrons. The predicted molar refractivity (Wildman–Crippen MR) is 83.9 cm³/mol. The number of aryl methyl sites for hydroxylation is 1. The van der Waals surface area contributed by atoms with Gasteiger partial charge in [-0.25, -0.2) is 8.42 Å². The van der Waals surface area contributed by atoms with Gasteiger partial charge >= 0.3 is 0 Å². The molecule has 0 aliphatic heterocycles. The summed E-state index contributed by atoms with van der Waals surface area (Å²) in [6.45, 7) is 1.93. The van der Waals surface area contributed by atoms with E-state index in [9.17, 15) is 8.42 Å². The average molecular weight is 356 g/mol. The molecule has 0 aromatic heterocycles. The summed E-state index contributed by atoms with van der Waals surface area (Å²) in [5.41, 5.74) is 4.22. The number of nitrogen functional groups attached to an aromatic ring is 1. The van der Waals surface area contributed by atoms with E-state index in [1.807, 2.05) is 19.1 Å². The van der Waals surface area contributed by atoms with Crippen LogP contribution in [-0.4, -0.2) is 8.42 Å². The second-order valence-electron chi connectivity index (χ2n) is 4.23. The summed E-state index contributed by atoms with van der Waals surface area (Å²) in [5, 5.41) is 0. The van der Waals surface area contributed by atoms with Crippen molar-refractivity contribution >= 4 is 37.3 Å². The average Bonchev–Trinajstić information content (AvgIpc) is 2.42. The molecule has 0 spiro atoms. The molecule has 0 atom stereocenters. The number of nitrogens with two attached hydrogens (primary N) is 1. The Morgan fingerprint density at radius 3 is 2.45 bits per heavy atom. The summed E-state index contributed by atoms with van der Waals surface area (Å²) in [6, 6.07) is 11.8. The lowest BCUT2D eigenvalue weighted by Gasteiger charge is -2.13. The van der Waals surface area contributed by atoms with Crippen LogP contribution in [0.1, 0.15) is 5.56 Å². The van der Waals surface area contributed by atoms with Gasteiger partial charge in [0.05, 0.1) is 11.4 Å². The van der Waals surface area contributed by atoms with E-state index in [1.54, 1.807) is 24.3 Å². The standard InChI is InChI=1S/C13H14BrN3O2S/c1-9-6-7-11(10(14)8-9)17-20(18,19)13-5-3-2-4-12(13)16-15/h2-8,16-17H,15H2,1H3. The molecule has 0 heterocycles. The Bertz CT molecular complexity index is 732. The quantitative estimate of drug-likeness (QED) is 0.581. The van der Waals surface area contributed by atoms with Crippen LogP contribution in [0.25, 0.3) is 0 Å². The molecule has 2 rings (SSSR count).